The molecule has 0 spiro atoms. The number of aromatic nitrogens is 1. The van der Waals surface area contributed by atoms with Gasteiger partial charge >= 0.3 is 0 Å². The number of hydrogen-bond acceptors (Lipinski definition) is 3. The Balaban J connectivity index is 2.85. The topological polar surface area (TPSA) is 70.9 Å². The van der Waals surface area contributed by atoms with Crippen LogP contribution in [0, 0.1) is 0 Å². The predicted octanol–water partition coefficient (Wildman–Crippen LogP) is 2.99. The molecule has 1 aromatic heterocycles. The average molecular weight is 206 g/mol. The summed E-state index contributed by atoms with van der Waals surface area (Å²) in [5, 5.41) is 3.47. The third kappa shape index (κ3) is 3.23. The van der Waals surface area contributed by atoms with E-state index in [1.54, 1.807) is 7.11 Å². The van der Waals surface area contributed by atoms with Crippen LogP contribution in [0.2, 0.25) is 0 Å². The van der Waals surface area contributed by atoms with E-state index in [1.807, 2.05) is 25.1 Å². The van der Waals surface area contributed by atoms with Gasteiger partial charge in [-0.15, -0.1) is 0 Å². The van der Waals surface area contributed by atoms with E-state index >= 15 is 0 Å². The van der Waals surface area contributed by atoms with Crippen LogP contribution in [0.1, 0.15) is 30.8 Å². The van der Waals surface area contributed by atoms with Gasteiger partial charge in [0.25, 0.3) is 0 Å². The average Bonchev–Trinajstić information content (AvgIpc) is 2.29. The van der Waals surface area contributed by atoms with E-state index in [9.17, 15) is 0 Å². The van der Waals surface area contributed by atoms with Crippen molar-refractivity contribution in [2.24, 2.45) is 5.11 Å². The Labute approximate surface area is 88.7 Å². The second kappa shape index (κ2) is 6.01. The van der Waals surface area contributed by atoms with Gasteiger partial charge in [0.05, 0.1) is 18.3 Å². The highest BCUT2D eigenvalue weighted by Gasteiger charge is 2.09. The molecule has 0 N–H and O–H groups in total. The SMILES string of the molecule is CCC(OC)c1cccc(CN=[N+]=[N-])n1. The summed E-state index contributed by atoms with van der Waals surface area (Å²) in [5.41, 5.74) is 9.85. The van der Waals surface area contributed by atoms with Crippen LogP contribution in [0.15, 0.2) is 23.3 Å². The fourth-order valence-corrected chi connectivity index (χ4v) is 1.37. The number of azide groups is 1. The van der Waals surface area contributed by atoms with Crippen LogP contribution >= 0.6 is 0 Å². The van der Waals surface area contributed by atoms with Crippen molar-refractivity contribution in [3.05, 3.63) is 40.0 Å². The number of pyridine rings is 1. The van der Waals surface area contributed by atoms with Crippen molar-refractivity contribution < 1.29 is 4.74 Å². The Bertz CT molecular complexity index is 356. The lowest BCUT2D eigenvalue weighted by molar-refractivity contribution is 0.0963. The first-order valence-electron chi connectivity index (χ1n) is 4.81. The Morgan fingerprint density at radius 1 is 1.60 bits per heavy atom. The lowest BCUT2D eigenvalue weighted by atomic mass is 10.1. The van der Waals surface area contributed by atoms with Crippen molar-refractivity contribution >= 4 is 0 Å². The van der Waals surface area contributed by atoms with Crippen LogP contribution in [-0.2, 0) is 11.3 Å². The molecular weight excluding hydrogens is 192 g/mol. The molecule has 5 heteroatoms. The first-order valence-corrected chi connectivity index (χ1v) is 4.81. The third-order valence-electron chi connectivity index (χ3n) is 2.11. The van der Waals surface area contributed by atoms with Gasteiger partial charge in [-0.2, -0.15) is 0 Å². The zero-order valence-corrected chi connectivity index (χ0v) is 8.92. The Kier molecular flexibility index (Phi) is 4.60. The molecule has 0 aliphatic rings. The van der Waals surface area contributed by atoms with E-state index in [0.717, 1.165) is 17.8 Å². The van der Waals surface area contributed by atoms with Crippen molar-refractivity contribution in [2.75, 3.05) is 7.11 Å². The summed E-state index contributed by atoms with van der Waals surface area (Å²) in [5.74, 6) is 0. The van der Waals surface area contributed by atoms with Gasteiger partial charge in [-0.25, -0.2) is 0 Å². The van der Waals surface area contributed by atoms with Crippen LogP contribution in [0.5, 0.6) is 0 Å². The molecule has 0 aromatic carbocycles. The molecule has 0 bridgehead atoms. The van der Waals surface area contributed by atoms with E-state index in [4.69, 9.17) is 10.3 Å². The molecule has 80 valence electrons. The molecule has 0 aliphatic carbocycles. The van der Waals surface area contributed by atoms with Gasteiger partial charge in [-0.05, 0) is 24.1 Å². The van der Waals surface area contributed by atoms with Crippen LogP contribution in [0.3, 0.4) is 0 Å². The monoisotopic (exact) mass is 206 g/mol. The minimum Gasteiger partial charge on any atom is -0.375 e. The summed E-state index contributed by atoms with van der Waals surface area (Å²) in [6, 6.07) is 5.64. The van der Waals surface area contributed by atoms with Crippen molar-refractivity contribution in [1.29, 1.82) is 0 Å². The van der Waals surface area contributed by atoms with E-state index in [-0.39, 0.29) is 12.6 Å². The fourth-order valence-electron chi connectivity index (χ4n) is 1.37. The van der Waals surface area contributed by atoms with Crippen LogP contribution in [0.4, 0.5) is 0 Å². The van der Waals surface area contributed by atoms with Gasteiger partial charge in [0.2, 0.25) is 0 Å². The first kappa shape index (κ1) is 11.5. The summed E-state index contributed by atoms with van der Waals surface area (Å²) in [6.45, 7) is 2.32. The number of hydrogen-bond donors (Lipinski definition) is 0. The lowest BCUT2D eigenvalue weighted by Gasteiger charge is -2.12. The highest BCUT2D eigenvalue weighted by atomic mass is 16.5. The van der Waals surface area contributed by atoms with Crippen LogP contribution in [0.25, 0.3) is 10.4 Å². The second-order valence-electron chi connectivity index (χ2n) is 3.08. The zero-order chi connectivity index (χ0) is 11.1. The maximum atomic E-state index is 8.20. The summed E-state index contributed by atoms with van der Waals surface area (Å²) < 4.78 is 5.28. The molecule has 1 heterocycles. The molecule has 5 nitrogen and oxygen atoms in total. The summed E-state index contributed by atoms with van der Waals surface area (Å²) in [6.07, 6.45) is 0.880. The van der Waals surface area contributed by atoms with Gasteiger partial charge in [0, 0.05) is 17.7 Å². The van der Waals surface area contributed by atoms with Gasteiger partial charge in [0.1, 0.15) is 0 Å². The van der Waals surface area contributed by atoms with Crippen molar-refractivity contribution in [1.82, 2.24) is 4.98 Å². The predicted molar refractivity (Wildman–Crippen MR) is 57.1 cm³/mol. The van der Waals surface area contributed by atoms with E-state index in [0.29, 0.717) is 0 Å². The number of nitrogens with zero attached hydrogens (tertiary/aromatic N) is 4. The Hall–Kier alpha value is -1.58. The minimum absolute atomic E-state index is 0.0102. The van der Waals surface area contributed by atoms with Crippen molar-refractivity contribution in [3.8, 4) is 0 Å². The molecular formula is C10H14N4O. The van der Waals surface area contributed by atoms with Gasteiger partial charge in [-0.3, -0.25) is 4.98 Å². The summed E-state index contributed by atoms with van der Waals surface area (Å²) >= 11 is 0. The molecule has 0 aliphatic heterocycles. The van der Waals surface area contributed by atoms with Gasteiger partial charge in [0.15, 0.2) is 0 Å². The smallest absolute Gasteiger partial charge is 0.0988 e. The van der Waals surface area contributed by atoms with Gasteiger partial charge in [-0.1, -0.05) is 18.1 Å². The highest BCUT2D eigenvalue weighted by Crippen LogP contribution is 2.18. The molecule has 1 aromatic rings. The normalized spacial score (nSPS) is 11.9. The number of ether oxygens (including phenoxy) is 1. The molecule has 1 unspecified atom stereocenters. The zero-order valence-electron chi connectivity index (χ0n) is 8.92. The Morgan fingerprint density at radius 2 is 2.40 bits per heavy atom. The molecule has 0 radical (unpaired) electrons. The molecule has 0 saturated carbocycles. The molecule has 1 rings (SSSR count). The van der Waals surface area contributed by atoms with Crippen molar-refractivity contribution in [2.45, 2.75) is 26.0 Å². The quantitative estimate of drug-likeness (QED) is 0.422. The maximum absolute atomic E-state index is 8.20. The van der Waals surface area contributed by atoms with Crippen LogP contribution < -0.4 is 0 Å². The Morgan fingerprint density at radius 3 is 3.00 bits per heavy atom. The molecule has 0 fully saturated rings. The third-order valence-corrected chi connectivity index (χ3v) is 2.11. The number of methoxy groups -OCH3 is 1. The fraction of sp³-hybridized carbons (Fsp3) is 0.500. The van der Waals surface area contributed by atoms with E-state index in [1.165, 1.54) is 0 Å². The van der Waals surface area contributed by atoms with E-state index in [2.05, 4.69) is 15.0 Å². The first-order chi connectivity index (χ1) is 7.31. The molecule has 0 amide bonds. The number of rotatable bonds is 5. The molecule has 15 heavy (non-hydrogen) atoms. The standard InChI is InChI=1S/C10H14N4O/c1-3-10(15-2)9-6-4-5-8(13-9)7-12-14-11/h4-6,10H,3,7H2,1-2H3. The lowest BCUT2D eigenvalue weighted by Crippen LogP contribution is -2.03. The van der Waals surface area contributed by atoms with Gasteiger partial charge < -0.3 is 4.74 Å². The summed E-state index contributed by atoms with van der Waals surface area (Å²) in [7, 11) is 1.66. The summed E-state index contributed by atoms with van der Waals surface area (Å²) in [4.78, 5) is 7.06. The minimum atomic E-state index is 0.0102. The maximum Gasteiger partial charge on any atom is 0.0988 e. The van der Waals surface area contributed by atoms with E-state index < -0.39 is 0 Å². The molecule has 1 atom stereocenters. The molecule has 0 saturated heterocycles. The highest BCUT2D eigenvalue weighted by molar-refractivity contribution is 5.13. The second-order valence-corrected chi connectivity index (χ2v) is 3.08. The van der Waals surface area contributed by atoms with Crippen molar-refractivity contribution in [3.63, 3.8) is 0 Å². The largest absolute Gasteiger partial charge is 0.375 e. The van der Waals surface area contributed by atoms with Crippen LogP contribution in [-0.4, -0.2) is 12.1 Å².